The van der Waals surface area contributed by atoms with Crippen molar-refractivity contribution in [2.75, 3.05) is 19.8 Å². The van der Waals surface area contributed by atoms with Gasteiger partial charge in [-0.15, -0.1) is 0 Å². The van der Waals surface area contributed by atoms with Crippen LogP contribution in [0.4, 0.5) is 27.6 Å². The van der Waals surface area contributed by atoms with E-state index in [-0.39, 0.29) is 17.8 Å². The van der Waals surface area contributed by atoms with E-state index < -0.39 is 28.9 Å². The number of nitrogens with two attached hydrogens (primary N) is 1. The van der Waals surface area contributed by atoms with Gasteiger partial charge < -0.3 is 10.6 Å². The minimum atomic E-state index is -4.61. The van der Waals surface area contributed by atoms with Gasteiger partial charge in [-0.2, -0.15) is 13.2 Å². The zero-order valence-electron chi connectivity index (χ0n) is 13.1. The van der Waals surface area contributed by atoms with E-state index in [1.54, 1.807) is 6.92 Å². The largest absolute Gasteiger partial charge is 0.416 e. The summed E-state index contributed by atoms with van der Waals surface area (Å²) in [5, 5.41) is 0. The second-order valence-corrected chi connectivity index (χ2v) is 5.23. The Kier molecular flexibility index (Phi) is 6.18. The van der Waals surface area contributed by atoms with Crippen molar-refractivity contribution in [2.45, 2.75) is 25.9 Å². The van der Waals surface area contributed by atoms with Crippen molar-refractivity contribution < 1.29 is 22.0 Å². The standard InChI is InChI=1S/C16H19F5N2/c1-4-5-6-10(16(19,20)21)7-14(23(2)3)15-12(17)8-11(22)9-13(15)18/h6-9H,4-5,22H2,1-3H3. The molecule has 0 amide bonds. The number of allylic oxidation sites excluding steroid dienone is 3. The first-order valence-electron chi connectivity index (χ1n) is 6.99. The molecule has 0 saturated carbocycles. The smallest absolute Gasteiger partial charge is 0.399 e. The highest BCUT2D eigenvalue weighted by atomic mass is 19.4. The zero-order valence-corrected chi connectivity index (χ0v) is 13.1. The fourth-order valence-electron chi connectivity index (χ4n) is 1.97. The van der Waals surface area contributed by atoms with Gasteiger partial charge in [0.15, 0.2) is 0 Å². The summed E-state index contributed by atoms with van der Waals surface area (Å²) in [6.45, 7) is 1.74. The summed E-state index contributed by atoms with van der Waals surface area (Å²) in [4.78, 5) is 1.23. The summed E-state index contributed by atoms with van der Waals surface area (Å²) in [6.07, 6.45) is -2.13. The summed E-state index contributed by atoms with van der Waals surface area (Å²) < 4.78 is 67.4. The maximum atomic E-state index is 14.0. The second kappa shape index (κ2) is 7.48. The van der Waals surface area contributed by atoms with E-state index in [0.717, 1.165) is 24.3 Å². The number of halogens is 5. The van der Waals surface area contributed by atoms with Crippen LogP contribution in [0.5, 0.6) is 0 Å². The highest BCUT2D eigenvalue weighted by Crippen LogP contribution is 2.32. The van der Waals surface area contributed by atoms with Gasteiger partial charge in [-0.05, 0) is 24.6 Å². The highest BCUT2D eigenvalue weighted by molar-refractivity contribution is 5.69. The summed E-state index contributed by atoms with van der Waals surface area (Å²) in [7, 11) is 2.82. The van der Waals surface area contributed by atoms with Crippen LogP contribution in [-0.2, 0) is 0 Å². The predicted molar refractivity (Wildman–Crippen MR) is 81.5 cm³/mol. The SMILES string of the molecule is CCCC=C(C=C(c1c(F)cc(N)cc1F)N(C)C)C(F)(F)F. The molecule has 0 heterocycles. The number of nitrogen functional groups attached to an aromatic ring is 1. The number of rotatable bonds is 5. The molecule has 0 aliphatic heterocycles. The highest BCUT2D eigenvalue weighted by Gasteiger charge is 2.33. The lowest BCUT2D eigenvalue weighted by atomic mass is 10.0. The molecule has 1 aromatic carbocycles. The average Bonchev–Trinajstić information content (AvgIpc) is 2.38. The fourth-order valence-corrected chi connectivity index (χ4v) is 1.97. The molecule has 1 rings (SSSR count). The van der Waals surface area contributed by atoms with Crippen LogP contribution in [0.25, 0.3) is 5.70 Å². The molecule has 1 aromatic rings. The Labute approximate surface area is 132 Å². The third-order valence-corrected chi connectivity index (χ3v) is 3.07. The van der Waals surface area contributed by atoms with Crippen molar-refractivity contribution in [2.24, 2.45) is 0 Å². The minimum Gasteiger partial charge on any atom is -0.399 e. The normalized spacial score (nSPS) is 13.4. The van der Waals surface area contributed by atoms with Crippen molar-refractivity contribution in [1.29, 1.82) is 0 Å². The average molecular weight is 334 g/mol. The number of hydrogen-bond acceptors (Lipinski definition) is 2. The summed E-state index contributed by atoms with van der Waals surface area (Å²) in [5.74, 6) is -2.03. The van der Waals surface area contributed by atoms with Crippen LogP contribution in [0.3, 0.4) is 0 Å². The topological polar surface area (TPSA) is 29.3 Å². The Hall–Kier alpha value is -2.05. The van der Waals surface area contributed by atoms with Gasteiger partial charge in [0.1, 0.15) is 11.6 Å². The van der Waals surface area contributed by atoms with Crippen molar-refractivity contribution in [3.63, 3.8) is 0 Å². The summed E-state index contributed by atoms with van der Waals surface area (Å²) >= 11 is 0. The lowest BCUT2D eigenvalue weighted by Gasteiger charge is -2.20. The molecule has 7 heteroatoms. The second-order valence-electron chi connectivity index (χ2n) is 5.23. The predicted octanol–water partition coefficient (Wildman–Crippen LogP) is 4.74. The van der Waals surface area contributed by atoms with Crippen molar-refractivity contribution >= 4 is 11.4 Å². The third-order valence-electron chi connectivity index (χ3n) is 3.07. The molecule has 0 saturated heterocycles. The molecule has 0 aliphatic carbocycles. The van der Waals surface area contributed by atoms with E-state index >= 15 is 0 Å². The van der Waals surface area contributed by atoms with Gasteiger partial charge in [-0.1, -0.05) is 19.4 Å². The van der Waals surface area contributed by atoms with Crippen molar-refractivity contribution in [3.05, 3.63) is 47.1 Å². The molecular weight excluding hydrogens is 315 g/mol. The first-order valence-corrected chi connectivity index (χ1v) is 6.99. The number of anilines is 1. The first-order chi connectivity index (χ1) is 10.6. The van der Waals surface area contributed by atoms with Crippen LogP contribution in [-0.4, -0.2) is 25.2 Å². The molecule has 0 spiro atoms. The van der Waals surface area contributed by atoms with E-state index in [4.69, 9.17) is 5.73 Å². The van der Waals surface area contributed by atoms with E-state index in [0.29, 0.717) is 6.42 Å². The Morgan fingerprint density at radius 1 is 1.17 bits per heavy atom. The minimum absolute atomic E-state index is 0.139. The summed E-state index contributed by atoms with van der Waals surface area (Å²) in [6, 6.07) is 1.75. The molecule has 0 aromatic heterocycles. The zero-order chi connectivity index (χ0) is 17.8. The number of unbranched alkanes of at least 4 members (excludes halogenated alkanes) is 1. The van der Waals surface area contributed by atoms with Gasteiger partial charge in [0.05, 0.1) is 11.1 Å². The van der Waals surface area contributed by atoms with E-state index in [2.05, 4.69) is 0 Å². The van der Waals surface area contributed by atoms with Gasteiger partial charge in [-0.3, -0.25) is 0 Å². The van der Waals surface area contributed by atoms with Crippen LogP contribution in [0.1, 0.15) is 25.3 Å². The van der Waals surface area contributed by atoms with E-state index in [1.807, 2.05) is 0 Å². The summed E-state index contributed by atoms with van der Waals surface area (Å²) in [5.41, 5.74) is 3.48. The van der Waals surface area contributed by atoms with Crippen LogP contribution in [0.2, 0.25) is 0 Å². The van der Waals surface area contributed by atoms with Crippen LogP contribution >= 0.6 is 0 Å². The van der Waals surface area contributed by atoms with Crippen molar-refractivity contribution in [3.8, 4) is 0 Å². The monoisotopic (exact) mass is 334 g/mol. The van der Waals surface area contributed by atoms with Crippen LogP contribution in [0.15, 0.2) is 29.9 Å². The maximum absolute atomic E-state index is 14.0. The van der Waals surface area contributed by atoms with Gasteiger partial charge in [0.25, 0.3) is 0 Å². The molecule has 0 atom stereocenters. The molecular formula is C16H19F5N2. The molecule has 23 heavy (non-hydrogen) atoms. The number of nitrogens with zero attached hydrogens (tertiary/aromatic N) is 1. The van der Waals surface area contributed by atoms with Gasteiger partial charge in [0, 0.05) is 25.5 Å². The Morgan fingerprint density at radius 3 is 2.09 bits per heavy atom. The molecule has 2 nitrogen and oxygen atoms in total. The Bertz CT molecular complexity index is 592. The lowest BCUT2D eigenvalue weighted by Crippen LogP contribution is -2.17. The Balaban J connectivity index is 3.52. The van der Waals surface area contributed by atoms with Gasteiger partial charge >= 0.3 is 6.18 Å². The number of benzene rings is 1. The quantitative estimate of drug-likeness (QED) is 0.479. The molecule has 0 radical (unpaired) electrons. The van der Waals surface area contributed by atoms with E-state index in [1.165, 1.54) is 19.0 Å². The molecule has 0 aliphatic rings. The van der Waals surface area contributed by atoms with Crippen LogP contribution < -0.4 is 5.73 Å². The Morgan fingerprint density at radius 2 is 1.70 bits per heavy atom. The maximum Gasteiger partial charge on any atom is 0.416 e. The first kappa shape index (κ1) is 19.0. The lowest BCUT2D eigenvalue weighted by molar-refractivity contribution is -0.0884. The van der Waals surface area contributed by atoms with Crippen LogP contribution in [0, 0.1) is 11.6 Å². The molecule has 0 fully saturated rings. The number of hydrogen-bond donors (Lipinski definition) is 1. The molecule has 2 N–H and O–H groups in total. The fraction of sp³-hybridized carbons (Fsp3) is 0.375. The van der Waals surface area contributed by atoms with E-state index in [9.17, 15) is 22.0 Å². The van der Waals surface area contributed by atoms with Crippen molar-refractivity contribution in [1.82, 2.24) is 4.90 Å². The van der Waals surface area contributed by atoms with Gasteiger partial charge in [-0.25, -0.2) is 8.78 Å². The number of alkyl halides is 3. The van der Waals surface area contributed by atoms with Gasteiger partial charge in [0.2, 0.25) is 0 Å². The third kappa shape index (κ3) is 4.97. The molecule has 128 valence electrons. The molecule has 0 unspecified atom stereocenters. The molecule has 0 bridgehead atoms.